The van der Waals surface area contributed by atoms with Gasteiger partial charge in [-0.25, -0.2) is 0 Å². The summed E-state index contributed by atoms with van der Waals surface area (Å²) in [6.45, 7) is 2.66. The van der Waals surface area contributed by atoms with E-state index in [9.17, 15) is 5.11 Å². The predicted molar refractivity (Wildman–Crippen MR) is 69.3 cm³/mol. The van der Waals surface area contributed by atoms with E-state index in [-0.39, 0.29) is 12.4 Å². The highest BCUT2D eigenvalue weighted by Crippen LogP contribution is 2.38. The van der Waals surface area contributed by atoms with Crippen molar-refractivity contribution in [2.24, 2.45) is 5.73 Å². The molecule has 0 aliphatic heterocycles. The predicted octanol–water partition coefficient (Wildman–Crippen LogP) is 1.65. The highest BCUT2D eigenvalue weighted by molar-refractivity contribution is 5.04. The molecule has 3 N–H and O–H groups in total. The number of nitrogens with zero attached hydrogens (tertiary/aromatic N) is 2. The number of aliphatic hydroxyl groups excluding tert-OH is 1. The van der Waals surface area contributed by atoms with Gasteiger partial charge in [0.2, 0.25) is 5.82 Å². The van der Waals surface area contributed by atoms with Gasteiger partial charge in [-0.3, -0.25) is 0 Å². The normalized spacial score (nSPS) is 21.0. The Hall–Kier alpha value is -0.980. The lowest BCUT2D eigenvalue weighted by molar-refractivity contribution is -0.0636. The maximum atomic E-state index is 9.65. The minimum absolute atomic E-state index is 0.0727. The fourth-order valence-corrected chi connectivity index (χ4v) is 2.66. The van der Waals surface area contributed by atoms with E-state index in [1.807, 2.05) is 6.92 Å². The van der Waals surface area contributed by atoms with E-state index in [2.05, 4.69) is 10.1 Å². The highest BCUT2D eigenvalue weighted by Gasteiger charge is 2.38. The molecule has 1 aliphatic rings. The van der Waals surface area contributed by atoms with Crippen molar-refractivity contribution in [3.63, 3.8) is 0 Å². The fourth-order valence-electron chi connectivity index (χ4n) is 2.66. The maximum Gasteiger partial charge on any atom is 0.256 e. The van der Waals surface area contributed by atoms with Gasteiger partial charge in [0.1, 0.15) is 11.7 Å². The summed E-state index contributed by atoms with van der Waals surface area (Å²) in [6.07, 6.45) is 5.53. The first kappa shape index (κ1) is 14.4. The number of rotatable bonds is 5. The Labute approximate surface area is 113 Å². The van der Waals surface area contributed by atoms with Crippen LogP contribution >= 0.6 is 0 Å². The minimum atomic E-state index is -0.897. The van der Waals surface area contributed by atoms with Gasteiger partial charge in [-0.15, -0.1) is 0 Å². The van der Waals surface area contributed by atoms with Gasteiger partial charge in [-0.2, -0.15) is 4.98 Å². The summed E-state index contributed by atoms with van der Waals surface area (Å²) in [4.78, 5) is 4.30. The molecule has 1 aromatic rings. The van der Waals surface area contributed by atoms with E-state index in [0.29, 0.717) is 12.4 Å². The Morgan fingerprint density at radius 1 is 1.37 bits per heavy atom. The fraction of sp³-hybridized carbons (Fsp3) is 0.846. The summed E-state index contributed by atoms with van der Waals surface area (Å²) >= 11 is 0. The molecule has 1 aromatic heterocycles. The van der Waals surface area contributed by atoms with Crippen LogP contribution in [0.15, 0.2) is 4.52 Å². The molecule has 0 amide bonds. The second-order valence-corrected chi connectivity index (χ2v) is 5.05. The monoisotopic (exact) mass is 269 g/mol. The van der Waals surface area contributed by atoms with Gasteiger partial charge < -0.3 is 20.1 Å². The second kappa shape index (κ2) is 6.45. The van der Waals surface area contributed by atoms with Crippen LogP contribution in [0, 0.1) is 0 Å². The Morgan fingerprint density at radius 3 is 2.63 bits per heavy atom. The number of aromatic nitrogens is 2. The molecule has 0 bridgehead atoms. The zero-order chi connectivity index (χ0) is 13.7. The quantitative estimate of drug-likeness (QED) is 0.789. The molecular weight excluding hydrogens is 246 g/mol. The average Bonchev–Trinajstić information content (AvgIpc) is 2.81. The maximum absolute atomic E-state index is 9.65. The first-order valence-electron chi connectivity index (χ1n) is 7.08. The van der Waals surface area contributed by atoms with Crippen LogP contribution in [0.2, 0.25) is 0 Å². The molecule has 19 heavy (non-hydrogen) atoms. The van der Waals surface area contributed by atoms with Crippen molar-refractivity contribution in [2.45, 2.75) is 57.2 Å². The van der Waals surface area contributed by atoms with Crippen LogP contribution in [0.1, 0.15) is 63.3 Å². The van der Waals surface area contributed by atoms with E-state index in [1.54, 1.807) is 0 Å². The van der Waals surface area contributed by atoms with Crippen LogP contribution in [-0.4, -0.2) is 28.4 Å². The lowest BCUT2D eigenvalue weighted by Crippen LogP contribution is -2.31. The number of ether oxygens (including phenoxy) is 1. The summed E-state index contributed by atoms with van der Waals surface area (Å²) in [7, 11) is 0. The first-order chi connectivity index (χ1) is 9.22. The van der Waals surface area contributed by atoms with Crippen molar-refractivity contribution in [1.29, 1.82) is 0 Å². The van der Waals surface area contributed by atoms with Gasteiger partial charge in [0, 0.05) is 13.2 Å². The van der Waals surface area contributed by atoms with Crippen LogP contribution in [0.3, 0.4) is 0 Å². The lowest BCUT2D eigenvalue weighted by atomic mass is 9.93. The van der Waals surface area contributed by atoms with Crippen molar-refractivity contribution < 1.29 is 14.4 Å². The van der Waals surface area contributed by atoms with Crippen molar-refractivity contribution in [3.05, 3.63) is 11.7 Å². The highest BCUT2D eigenvalue weighted by atomic mass is 16.5. The zero-order valence-electron chi connectivity index (χ0n) is 11.5. The molecular formula is C13H23N3O3. The smallest absolute Gasteiger partial charge is 0.256 e. The molecule has 0 radical (unpaired) electrons. The number of hydrogen-bond donors (Lipinski definition) is 2. The molecule has 0 saturated heterocycles. The lowest BCUT2D eigenvalue weighted by Gasteiger charge is -2.29. The molecule has 1 atom stereocenters. The Bertz CT molecular complexity index is 386. The zero-order valence-corrected chi connectivity index (χ0v) is 11.5. The Morgan fingerprint density at radius 2 is 2.05 bits per heavy atom. The molecule has 0 aromatic carbocycles. The van der Waals surface area contributed by atoms with Crippen LogP contribution in [-0.2, 0) is 10.3 Å². The standard InChI is InChI=1S/C13H23N3O3/c1-2-18-13(7-5-3-4-6-8-13)12-15-11(19-16-12)10(17)9-14/h10,17H,2-9,14H2,1H3/t10-/m0/s1. The van der Waals surface area contributed by atoms with Crippen LogP contribution in [0.4, 0.5) is 0 Å². The van der Waals surface area contributed by atoms with Crippen molar-refractivity contribution in [1.82, 2.24) is 10.1 Å². The van der Waals surface area contributed by atoms with E-state index in [0.717, 1.165) is 25.7 Å². The molecule has 1 saturated carbocycles. The Balaban J connectivity index is 2.24. The van der Waals surface area contributed by atoms with Gasteiger partial charge >= 0.3 is 0 Å². The largest absolute Gasteiger partial charge is 0.382 e. The van der Waals surface area contributed by atoms with Crippen molar-refractivity contribution >= 4 is 0 Å². The summed E-state index contributed by atoms with van der Waals surface area (Å²) in [5.74, 6) is 0.736. The summed E-state index contributed by atoms with van der Waals surface area (Å²) in [5.41, 5.74) is 4.94. The van der Waals surface area contributed by atoms with Crippen LogP contribution < -0.4 is 5.73 Å². The van der Waals surface area contributed by atoms with Crippen LogP contribution in [0.5, 0.6) is 0 Å². The number of aliphatic hydroxyl groups is 1. The average molecular weight is 269 g/mol. The van der Waals surface area contributed by atoms with Gasteiger partial charge in [0.05, 0.1) is 0 Å². The third-order valence-corrected chi connectivity index (χ3v) is 3.69. The third kappa shape index (κ3) is 3.13. The Kier molecular flexibility index (Phi) is 4.90. The molecule has 0 spiro atoms. The van der Waals surface area contributed by atoms with E-state index in [4.69, 9.17) is 15.0 Å². The number of nitrogens with two attached hydrogens (primary N) is 1. The van der Waals surface area contributed by atoms with Crippen molar-refractivity contribution in [3.8, 4) is 0 Å². The van der Waals surface area contributed by atoms with Gasteiger partial charge in [0.25, 0.3) is 5.89 Å². The SMILES string of the molecule is CCOC1(c2noc([C@@H](O)CN)n2)CCCCCC1. The van der Waals surface area contributed by atoms with E-state index >= 15 is 0 Å². The van der Waals surface area contributed by atoms with Crippen LogP contribution in [0.25, 0.3) is 0 Å². The molecule has 1 heterocycles. The van der Waals surface area contributed by atoms with E-state index < -0.39 is 11.7 Å². The molecule has 6 heteroatoms. The topological polar surface area (TPSA) is 94.4 Å². The molecule has 0 unspecified atom stereocenters. The molecule has 2 rings (SSSR count). The second-order valence-electron chi connectivity index (χ2n) is 5.05. The molecule has 108 valence electrons. The van der Waals surface area contributed by atoms with E-state index in [1.165, 1.54) is 12.8 Å². The van der Waals surface area contributed by atoms with Crippen molar-refractivity contribution in [2.75, 3.05) is 13.2 Å². The summed E-state index contributed by atoms with van der Waals surface area (Å²) < 4.78 is 11.1. The molecule has 6 nitrogen and oxygen atoms in total. The van der Waals surface area contributed by atoms with Gasteiger partial charge in [-0.05, 0) is 19.8 Å². The minimum Gasteiger partial charge on any atom is -0.382 e. The van der Waals surface area contributed by atoms with Gasteiger partial charge in [0.15, 0.2) is 0 Å². The summed E-state index contributed by atoms with van der Waals surface area (Å²) in [6, 6.07) is 0. The molecule has 1 fully saturated rings. The number of hydrogen-bond acceptors (Lipinski definition) is 6. The molecule has 1 aliphatic carbocycles. The van der Waals surface area contributed by atoms with Gasteiger partial charge in [-0.1, -0.05) is 30.8 Å². The third-order valence-electron chi connectivity index (χ3n) is 3.69. The summed E-state index contributed by atoms with van der Waals surface area (Å²) in [5, 5.41) is 13.7. The first-order valence-corrected chi connectivity index (χ1v) is 7.08.